The molecule has 1 aliphatic rings. The molecule has 4 nitrogen and oxygen atoms in total. The molecule has 1 saturated carbocycles. The molecule has 114 valence electrons. The Kier molecular flexibility index (Phi) is 8.24. The Morgan fingerprint density at radius 2 is 1.79 bits per heavy atom. The standard InChI is InChI=1S/C14H32N3OP/c1-3-5-7-12-16-19(15,18)17(13-8-6-4-2)14-10-9-11-14/h14H,3-13H2,1-2H3,(H3,15,16,18). The first kappa shape index (κ1) is 17.2. The van der Waals surface area contributed by atoms with Crippen LogP contribution in [0.4, 0.5) is 0 Å². The molecule has 0 aromatic rings. The molecular weight excluding hydrogens is 257 g/mol. The molecule has 3 N–H and O–H groups in total. The van der Waals surface area contributed by atoms with Gasteiger partial charge in [0.1, 0.15) is 0 Å². The smallest absolute Gasteiger partial charge is 0.271 e. The van der Waals surface area contributed by atoms with Gasteiger partial charge in [0, 0.05) is 19.1 Å². The van der Waals surface area contributed by atoms with E-state index in [9.17, 15) is 4.57 Å². The average Bonchev–Trinajstić information content (AvgIpc) is 2.31. The third kappa shape index (κ3) is 5.95. The first-order valence-electron chi connectivity index (χ1n) is 8.02. The summed E-state index contributed by atoms with van der Waals surface area (Å²) in [6, 6.07) is 0.450. The van der Waals surface area contributed by atoms with E-state index in [-0.39, 0.29) is 0 Å². The van der Waals surface area contributed by atoms with Crippen LogP contribution in [0.15, 0.2) is 0 Å². The van der Waals surface area contributed by atoms with Crippen molar-refractivity contribution in [3.8, 4) is 0 Å². The van der Waals surface area contributed by atoms with Crippen molar-refractivity contribution in [2.45, 2.75) is 77.7 Å². The van der Waals surface area contributed by atoms with E-state index in [1.165, 1.54) is 32.1 Å². The lowest BCUT2D eigenvalue weighted by Crippen LogP contribution is -2.44. The number of rotatable bonds is 11. The number of unbranched alkanes of at least 4 members (excludes halogenated alkanes) is 4. The summed E-state index contributed by atoms with van der Waals surface area (Å²) in [5.74, 6) is 0. The van der Waals surface area contributed by atoms with E-state index in [0.717, 1.165) is 38.8 Å². The van der Waals surface area contributed by atoms with Gasteiger partial charge in [-0.15, -0.1) is 0 Å². The Morgan fingerprint density at radius 3 is 2.32 bits per heavy atom. The fourth-order valence-electron chi connectivity index (χ4n) is 2.49. The number of hydrogen-bond acceptors (Lipinski definition) is 1. The lowest BCUT2D eigenvalue weighted by molar-refractivity contribution is 0.211. The van der Waals surface area contributed by atoms with Crippen LogP contribution in [-0.2, 0) is 4.57 Å². The van der Waals surface area contributed by atoms with Gasteiger partial charge in [-0.2, -0.15) is 0 Å². The molecule has 1 unspecified atom stereocenters. The minimum Gasteiger partial charge on any atom is -0.271 e. The molecule has 0 spiro atoms. The summed E-state index contributed by atoms with van der Waals surface area (Å²) in [4.78, 5) is 0. The molecule has 0 bridgehead atoms. The van der Waals surface area contributed by atoms with Gasteiger partial charge in [0.25, 0.3) is 7.59 Å². The lowest BCUT2D eigenvalue weighted by Gasteiger charge is -2.40. The first-order chi connectivity index (χ1) is 9.11. The molecule has 1 fully saturated rings. The largest absolute Gasteiger partial charge is 0.279 e. The highest BCUT2D eigenvalue weighted by molar-refractivity contribution is 7.56. The van der Waals surface area contributed by atoms with Crippen LogP contribution in [-0.4, -0.2) is 23.8 Å². The normalized spacial score (nSPS) is 19.4. The number of nitrogens with one attached hydrogen (secondary N) is 1. The zero-order chi connectivity index (χ0) is 14.1. The molecule has 5 heteroatoms. The van der Waals surface area contributed by atoms with E-state index in [2.05, 4.69) is 23.6 Å². The molecule has 1 atom stereocenters. The molecule has 0 radical (unpaired) electrons. The maximum Gasteiger partial charge on any atom is 0.279 e. The predicted octanol–water partition coefficient (Wildman–Crippen LogP) is 3.88. The predicted molar refractivity (Wildman–Crippen MR) is 83.2 cm³/mol. The van der Waals surface area contributed by atoms with Crippen LogP contribution >= 0.6 is 7.59 Å². The monoisotopic (exact) mass is 289 g/mol. The van der Waals surface area contributed by atoms with Crippen molar-refractivity contribution in [3.63, 3.8) is 0 Å². The topological polar surface area (TPSA) is 58.4 Å². The summed E-state index contributed by atoms with van der Waals surface area (Å²) in [6.45, 7) is 6.03. The van der Waals surface area contributed by atoms with Crippen molar-refractivity contribution < 1.29 is 4.57 Å². The van der Waals surface area contributed by atoms with Gasteiger partial charge in [-0.05, 0) is 25.7 Å². The quantitative estimate of drug-likeness (QED) is 0.448. The van der Waals surface area contributed by atoms with Gasteiger partial charge in [-0.1, -0.05) is 46.0 Å². The van der Waals surface area contributed by atoms with Crippen LogP contribution in [0.1, 0.15) is 71.6 Å². The highest BCUT2D eigenvalue weighted by Gasteiger charge is 2.34. The number of nitrogens with two attached hydrogens (primary N) is 1. The average molecular weight is 289 g/mol. The summed E-state index contributed by atoms with van der Waals surface area (Å²) in [7, 11) is -2.82. The van der Waals surface area contributed by atoms with Crippen molar-refractivity contribution in [1.82, 2.24) is 9.76 Å². The Labute approximate surface area is 119 Å². The van der Waals surface area contributed by atoms with Crippen LogP contribution < -0.4 is 10.6 Å². The minimum absolute atomic E-state index is 0.450. The Hall–Kier alpha value is 0.110. The fraction of sp³-hybridized carbons (Fsp3) is 1.00. The third-order valence-electron chi connectivity index (χ3n) is 3.99. The Balaban J connectivity index is 2.43. The minimum atomic E-state index is -2.82. The van der Waals surface area contributed by atoms with Gasteiger partial charge in [-0.3, -0.25) is 10.1 Å². The van der Waals surface area contributed by atoms with Crippen molar-refractivity contribution >= 4 is 7.59 Å². The number of hydrogen-bond donors (Lipinski definition) is 2. The molecule has 0 aliphatic heterocycles. The second-order valence-corrected chi connectivity index (χ2v) is 7.77. The van der Waals surface area contributed by atoms with E-state index >= 15 is 0 Å². The van der Waals surface area contributed by atoms with Crippen molar-refractivity contribution in [3.05, 3.63) is 0 Å². The molecule has 0 saturated heterocycles. The molecule has 0 aromatic heterocycles. The zero-order valence-electron chi connectivity index (χ0n) is 12.7. The second-order valence-electron chi connectivity index (χ2n) is 5.69. The van der Waals surface area contributed by atoms with Gasteiger partial charge in [-0.25, -0.2) is 9.76 Å². The zero-order valence-corrected chi connectivity index (χ0v) is 13.6. The van der Waals surface area contributed by atoms with E-state index < -0.39 is 7.59 Å². The van der Waals surface area contributed by atoms with Gasteiger partial charge in [0.2, 0.25) is 0 Å². The second kappa shape index (κ2) is 9.12. The van der Waals surface area contributed by atoms with Crippen molar-refractivity contribution in [2.75, 3.05) is 13.1 Å². The fourth-order valence-corrected chi connectivity index (χ4v) is 4.30. The highest BCUT2D eigenvalue weighted by Crippen LogP contribution is 2.43. The molecule has 0 heterocycles. The molecule has 1 rings (SSSR count). The lowest BCUT2D eigenvalue weighted by atomic mass is 9.93. The number of nitrogens with zero attached hydrogens (tertiary/aromatic N) is 1. The molecular formula is C14H32N3OP. The van der Waals surface area contributed by atoms with Gasteiger partial charge in [0.15, 0.2) is 0 Å². The molecule has 0 amide bonds. The Bertz CT molecular complexity index is 282. The summed E-state index contributed by atoms with van der Waals surface area (Å²) in [6.07, 6.45) is 10.5. The third-order valence-corrected chi connectivity index (χ3v) is 5.95. The SMILES string of the molecule is CCCCCNP(N)(=O)N(CCCCC)C1CCC1. The summed E-state index contributed by atoms with van der Waals surface area (Å²) in [5, 5.41) is 3.13. The van der Waals surface area contributed by atoms with Crippen LogP contribution in [0.25, 0.3) is 0 Å². The van der Waals surface area contributed by atoms with Crippen LogP contribution in [0.3, 0.4) is 0 Å². The molecule has 0 aromatic carbocycles. The van der Waals surface area contributed by atoms with Crippen LogP contribution in [0.2, 0.25) is 0 Å². The van der Waals surface area contributed by atoms with Crippen LogP contribution in [0, 0.1) is 0 Å². The van der Waals surface area contributed by atoms with E-state index in [4.69, 9.17) is 5.50 Å². The highest BCUT2D eigenvalue weighted by atomic mass is 31.2. The summed E-state index contributed by atoms with van der Waals surface area (Å²) in [5.41, 5.74) is 6.11. The van der Waals surface area contributed by atoms with Gasteiger partial charge >= 0.3 is 0 Å². The van der Waals surface area contributed by atoms with Gasteiger partial charge in [0.05, 0.1) is 0 Å². The van der Waals surface area contributed by atoms with E-state index in [1.54, 1.807) is 0 Å². The van der Waals surface area contributed by atoms with Crippen LogP contribution in [0.5, 0.6) is 0 Å². The van der Waals surface area contributed by atoms with Gasteiger partial charge < -0.3 is 0 Å². The summed E-state index contributed by atoms with van der Waals surface area (Å²) >= 11 is 0. The van der Waals surface area contributed by atoms with Crippen molar-refractivity contribution in [2.24, 2.45) is 5.50 Å². The molecule has 1 aliphatic carbocycles. The maximum atomic E-state index is 12.7. The maximum absolute atomic E-state index is 12.7. The van der Waals surface area contributed by atoms with E-state index in [1.807, 2.05) is 0 Å². The first-order valence-corrected chi connectivity index (χ1v) is 9.75. The molecule has 19 heavy (non-hydrogen) atoms. The Morgan fingerprint density at radius 1 is 1.16 bits per heavy atom. The summed E-state index contributed by atoms with van der Waals surface area (Å²) < 4.78 is 14.8. The van der Waals surface area contributed by atoms with Crippen molar-refractivity contribution in [1.29, 1.82) is 0 Å². The van der Waals surface area contributed by atoms with E-state index in [0.29, 0.717) is 6.04 Å².